The maximum atomic E-state index is 12.8. The van der Waals surface area contributed by atoms with Gasteiger partial charge in [0.05, 0.1) is 34.7 Å². The number of aromatic nitrogens is 12. The molecule has 28 nitrogen and oxygen atoms in total. The number of nitrogens with zero attached hydrogens (tertiary/aromatic N) is 20. The number of benzene rings is 3. The first-order chi connectivity index (χ1) is 55.5. The highest BCUT2D eigenvalue weighted by atomic mass is 16.1. The minimum atomic E-state index is -0.0481. The van der Waals surface area contributed by atoms with Crippen molar-refractivity contribution < 1.29 is 0 Å². The molecular formula is C87H91N25O3. The largest absolute Gasteiger partial charge is 0.382 e. The van der Waals surface area contributed by atoms with Gasteiger partial charge in [-0.05, 0) is 128 Å². The van der Waals surface area contributed by atoms with E-state index in [0.717, 1.165) is 195 Å². The third kappa shape index (κ3) is 14.5. The second-order valence-electron chi connectivity index (χ2n) is 30.7. The highest BCUT2D eigenvalue weighted by Crippen LogP contribution is 2.47. The van der Waals surface area contributed by atoms with Gasteiger partial charge < -0.3 is 66.5 Å². The molecule has 3 unspecified atom stereocenters. The molecule has 3 aromatic carbocycles. The number of rotatable bonds is 13. The molecule has 0 saturated carbocycles. The molecule has 9 N–H and O–H groups in total. The molecule has 0 amide bonds. The van der Waals surface area contributed by atoms with Crippen molar-refractivity contribution in [2.45, 2.75) is 116 Å². The number of piperidine rings is 1. The summed E-state index contributed by atoms with van der Waals surface area (Å²) in [4.78, 5) is 89.4. The van der Waals surface area contributed by atoms with Crippen molar-refractivity contribution in [1.29, 1.82) is 15.8 Å². The average Bonchev–Trinajstić information content (AvgIpc) is 1.69. The van der Waals surface area contributed by atoms with E-state index in [1.54, 1.807) is 27.8 Å². The number of nitrogens with two attached hydrogens (primary N) is 4. The molecule has 17 rings (SSSR count). The molecular weight excluding hydrogens is 1440 g/mol. The van der Waals surface area contributed by atoms with E-state index in [-0.39, 0.29) is 69.8 Å². The van der Waals surface area contributed by atoms with Crippen molar-refractivity contribution in [2.75, 3.05) is 99.6 Å². The number of nitrogens with one attached hydrogen (secondary N) is 1. The zero-order valence-electron chi connectivity index (χ0n) is 66.0. The summed E-state index contributed by atoms with van der Waals surface area (Å²) < 4.78 is 4.91. The van der Waals surface area contributed by atoms with E-state index < -0.39 is 0 Å². The van der Waals surface area contributed by atoms with Crippen molar-refractivity contribution in [3.05, 3.63) is 209 Å². The van der Waals surface area contributed by atoms with Gasteiger partial charge in [0.2, 0.25) is 5.95 Å². The standard InChI is InChI=1S/C32H33N9O.C28H30N8O.C27H28N8O/c1-39-18-25(20-9-6-11-22(20)31(39)42)21-10-5-8-19-16-23(29(36-27(19)21)40-13-3-2-4-14-40)26-12-7-15-41(26)30-24(17-33)28(34)37-32(35)38-30;1-16(2)33-26-21(23-9-6-10-36(23)27-22(13-29)25(30)31-15-32-27)12-18-7-5-8-20(24(18)34-26)19-11-17(3)28(37)35(4)14-19;1-16-11-18(14-34(4)27(16)36)19-8-5-7-17-12-20(26(33(2)3)32-23(17)19)22-9-6-10-35(22)25-21(13-28)24(29)30-15-31-25/h5-6,8-10,16,18,26H,2-4,7,11-15H2,1H3,(H4,34,35,37,38);5,7-8,11-12,14-16,23H,6,9-10H2,1-4H3,(H,33,34)(H2,30,31,32);5,7-8,11-12,14-15,22H,6,9-10H2,1-4H3,(H2,29,30,31). The van der Waals surface area contributed by atoms with Crippen LogP contribution in [0.1, 0.15) is 145 Å². The number of para-hydroxylation sites is 3. The predicted octanol–water partition coefficient (Wildman–Crippen LogP) is 12.2. The number of nitriles is 3. The molecule has 13 heterocycles. The fourth-order valence-corrected chi connectivity index (χ4v) is 17.2. The lowest BCUT2D eigenvalue weighted by atomic mass is 9.95. The first-order valence-corrected chi connectivity index (χ1v) is 38.9. The van der Waals surface area contributed by atoms with Gasteiger partial charge >= 0.3 is 0 Å². The van der Waals surface area contributed by atoms with Gasteiger partial charge in [0.25, 0.3) is 16.7 Å². The fraction of sp³-hybridized carbons (Fsp3) is 0.322. The SMILES string of the molecule is Cc1cc(-c2cccc3cc(C4CCCN4c4ncnc(N)c4C#N)c(N(C)C)nc23)cn(C)c1=O.Cc1cc(-c2cccc3cc(C4CCCN4c4ncnc(N)c4C#N)c(NC(C)C)nc23)cn(C)c1=O.Cn1cc(-c2cccc3cc(C4CCCN4c4nc(N)nc(N)c4C#N)c(N4CCCCC4)nc23)c2c(c1=O)CC=C2. The van der Waals surface area contributed by atoms with E-state index in [2.05, 4.69) is 148 Å². The number of fused-ring (bicyclic) bond motifs is 4. The van der Waals surface area contributed by atoms with Crippen molar-refractivity contribution in [3.8, 4) is 51.6 Å². The lowest BCUT2D eigenvalue weighted by molar-refractivity contribution is 0.569. The minimum absolute atomic E-state index is 0.00775. The molecule has 4 saturated heterocycles. The van der Waals surface area contributed by atoms with Gasteiger partial charge in [-0.15, -0.1) is 0 Å². The minimum Gasteiger partial charge on any atom is -0.382 e. The molecule has 115 heavy (non-hydrogen) atoms. The summed E-state index contributed by atoms with van der Waals surface area (Å²) in [6.45, 7) is 12.0. The highest BCUT2D eigenvalue weighted by molar-refractivity contribution is 5.99. The normalized spacial score (nSPS) is 16.3. The number of allylic oxidation sites excluding steroid dienone is 1. The Kier molecular flexibility index (Phi) is 21.1. The second kappa shape index (κ2) is 31.8. The van der Waals surface area contributed by atoms with Crippen LogP contribution >= 0.6 is 0 Å². The third-order valence-electron chi connectivity index (χ3n) is 22.5. The Morgan fingerprint density at radius 3 is 1.50 bits per heavy atom. The number of nitrogen functional groups attached to an aromatic ring is 4. The summed E-state index contributed by atoms with van der Waals surface area (Å²) in [6, 6.07) is 35.6. The number of hydrogen-bond donors (Lipinski definition) is 5. The van der Waals surface area contributed by atoms with Crippen LogP contribution in [0.2, 0.25) is 0 Å². The molecule has 9 aromatic heterocycles. The fourth-order valence-electron chi connectivity index (χ4n) is 17.2. The zero-order valence-corrected chi connectivity index (χ0v) is 66.0. The summed E-state index contributed by atoms with van der Waals surface area (Å²) in [6.07, 6.45) is 22.2. The molecule has 1 aliphatic carbocycles. The molecule has 3 atom stereocenters. The van der Waals surface area contributed by atoms with E-state index in [1.807, 2.05) is 94.9 Å². The number of hydrogen-bond acceptors (Lipinski definition) is 25. The van der Waals surface area contributed by atoms with E-state index in [9.17, 15) is 30.2 Å². The first-order valence-electron chi connectivity index (χ1n) is 38.9. The van der Waals surface area contributed by atoms with Crippen molar-refractivity contribution in [3.63, 3.8) is 0 Å². The molecule has 4 fully saturated rings. The zero-order chi connectivity index (χ0) is 80.8. The van der Waals surface area contributed by atoms with E-state index in [4.69, 9.17) is 37.9 Å². The van der Waals surface area contributed by atoms with Crippen LogP contribution in [0, 0.1) is 47.8 Å². The van der Waals surface area contributed by atoms with Crippen molar-refractivity contribution in [2.24, 2.45) is 21.1 Å². The van der Waals surface area contributed by atoms with Gasteiger partial charge in [-0.1, -0.05) is 66.7 Å². The summed E-state index contributed by atoms with van der Waals surface area (Å²) >= 11 is 0. The van der Waals surface area contributed by atoms with Crippen LogP contribution < -0.4 is 69.4 Å². The maximum Gasteiger partial charge on any atom is 0.254 e. The van der Waals surface area contributed by atoms with Crippen LogP contribution in [-0.2, 0) is 27.6 Å². The van der Waals surface area contributed by atoms with E-state index >= 15 is 0 Å². The lowest BCUT2D eigenvalue weighted by Gasteiger charge is -2.34. The van der Waals surface area contributed by atoms with Crippen LogP contribution in [0.15, 0.2) is 137 Å². The number of anilines is 10. The number of pyridine rings is 6. The monoisotopic (exact) mass is 1530 g/mol. The Morgan fingerprint density at radius 2 is 0.974 bits per heavy atom. The highest BCUT2D eigenvalue weighted by Gasteiger charge is 2.38. The lowest BCUT2D eigenvalue weighted by Crippen LogP contribution is -2.33. The molecule has 5 aliphatic rings. The molecule has 0 spiro atoms. The predicted molar refractivity (Wildman–Crippen MR) is 454 cm³/mol. The molecule has 0 bridgehead atoms. The Hall–Kier alpha value is -13.8. The van der Waals surface area contributed by atoms with Crippen LogP contribution in [0.4, 0.5) is 58.3 Å². The van der Waals surface area contributed by atoms with Crippen LogP contribution in [-0.4, -0.2) is 111 Å². The van der Waals surface area contributed by atoms with Crippen molar-refractivity contribution >= 4 is 97.1 Å². The Balaban J connectivity index is 0.000000136. The summed E-state index contributed by atoms with van der Waals surface area (Å²) in [7, 11) is 9.33. The van der Waals surface area contributed by atoms with Gasteiger partial charge in [0.1, 0.15) is 82.5 Å². The Labute approximate surface area is 665 Å². The van der Waals surface area contributed by atoms with Crippen LogP contribution in [0.25, 0.3) is 72.2 Å². The first kappa shape index (κ1) is 76.6. The number of aryl methyl sites for hydroxylation is 5. The van der Waals surface area contributed by atoms with Crippen molar-refractivity contribution in [1.82, 2.24) is 58.6 Å². The van der Waals surface area contributed by atoms with Crippen LogP contribution in [0.5, 0.6) is 0 Å². The summed E-state index contributed by atoms with van der Waals surface area (Å²) in [5.74, 6) is 4.76. The van der Waals surface area contributed by atoms with Gasteiger partial charge in [-0.3, -0.25) is 14.4 Å². The summed E-state index contributed by atoms with van der Waals surface area (Å²) in [5, 5.41) is 36.0. The van der Waals surface area contributed by atoms with E-state index in [1.165, 1.54) is 19.1 Å². The smallest absolute Gasteiger partial charge is 0.254 e. The summed E-state index contributed by atoms with van der Waals surface area (Å²) in [5.41, 5.74) is 39.9. The topological polar surface area (TPSA) is 386 Å². The molecule has 12 aromatic rings. The maximum absolute atomic E-state index is 12.8. The molecule has 4 aliphatic heterocycles. The van der Waals surface area contributed by atoms with Gasteiger partial charge in [0.15, 0.2) is 17.5 Å². The Morgan fingerprint density at radius 1 is 0.496 bits per heavy atom. The molecule has 28 heteroatoms. The quantitative estimate of drug-likeness (QED) is 0.0715. The third-order valence-corrected chi connectivity index (χ3v) is 22.5. The van der Waals surface area contributed by atoms with Gasteiger partial charge in [-0.25, -0.2) is 34.9 Å². The van der Waals surface area contributed by atoms with Gasteiger partial charge in [-0.2, -0.15) is 25.8 Å². The van der Waals surface area contributed by atoms with Crippen LogP contribution in [0.3, 0.4) is 0 Å². The van der Waals surface area contributed by atoms with Gasteiger partial charge in [0, 0.05) is 176 Å². The van der Waals surface area contributed by atoms with E-state index in [0.29, 0.717) is 46.1 Å². The average molecular weight is 1530 g/mol. The Bertz CT molecular complexity index is 6180. The second-order valence-corrected chi connectivity index (χ2v) is 30.7. The molecule has 0 radical (unpaired) electrons. The molecule has 582 valence electrons.